The molecule has 1 aromatic carbocycles. The van der Waals surface area contributed by atoms with Gasteiger partial charge in [0.25, 0.3) is 0 Å². The van der Waals surface area contributed by atoms with Crippen molar-refractivity contribution in [2.75, 3.05) is 12.4 Å². The maximum Gasteiger partial charge on any atom is 0.338 e. The number of rotatable bonds is 3. The standard InChI is InChI=1S/C13H11FN2O2/c1-18-13(17)9-6-7-15-12(8-9)16-11-5-3-2-4-10(11)14/h2-8H,1H3,(H,15,16). The van der Waals surface area contributed by atoms with E-state index in [0.717, 1.165) is 0 Å². The number of benzene rings is 1. The van der Waals surface area contributed by atoms with Crippen LogP contribution in [0.2, 0.25) is 0 Å². The molecule has 0 aliphatic rings. The zero-order chi connectivity index (χ0) is 13.0. The number of esters is 1. The summed E-state index contributed by atoms with van der Waals surface area (Å²) in [4.78, 5) is 15.3. The van der Waals surface area contributed by atoms with Crippen LogP contribution in [0.4, 0.5) is 15.9 Å². The number of hydrogen-bond acceptors (Lipinski definition) is 4. The van der Waals surface area contributed by atoms with E-state index in [0.29, 0.717) is 17.1 Å². The molecule has 0 spiro atoms. The lowest BCUT2D eigenvalue weighted by atomic mass is 10.2. The fourth-order valence-corrected chi connectivity index (χ4v) is 1.44. The summed E-state index contributed by atoms with van der Waals surface area (Å²) in [5, 5.41) is 2.80. The number of aromatic nitrogens is 1. The normalized spacial score (nSPS) is 9.89. The third-order valence-electron chi connectivity index (χ3n) is 2.32. The SMILES string of the molecule is COC(=O)c1ccnc(Nc2ccccc2F)c1. The van der Waals surface area contributed by atoms with Gasteiger partial charge in [-0.3, -0.25) is 0 Å². The number of nitrogens with zero attached hydrogens (tertiary/aromatic N) is 1. The molecule has 92 valence electrons. The molecule has 0 aliphatic heterocycles. The second kappa shape index (κ2) is 5.27. The van der Waals surface area contributed by atoms with Gasteiger partial charge in [0.15, 0.2) is 0 Å². The van der Waals surface area contributed by atoms with Crippen molar-refractivity contribution in [3.63, 3.8) is 0 Å². The minimum atomic E-state index is -0.464. The predicted octanol–water partition coefficient (Wildman–Crippen LogP) is 2.75. The van der Waals surface area contributed by atoms with Crippen molar-refractivity contribution in [2.45, 2.75) is 0 Å². The van der Waals surface area contributed by atoms with Crippen LogP contribution in [-0.4, -0.2) is 18.1 Å². The van der Waals surface area contributed by atoms with Gasteiger partial charge < -0.3 is 10.1 Å². The molecule has 0 saturated heterocycles. The van der Waals surface area contributed by atoms with Crippen LogP contribution in [0, 0.1) is 5.82 Å². The average Bonchev–Trinajstić information content (AvgIpc) is 2.41. The molecule has 0 aliphatic carbocycles. The van der Waals surface area contributed by atoms with E-state index in [1.165, 1.54) is 31.5 Å². The summed E-state index contributed by atoms with van der Waals surface area (Å²) < 4.78 is 18.0. The monoisotopic (exact) mass is 246 g/mol. The Labute approximate surface area is 103 Å². The third kappa shape index (κ3) is 2.63. The summed E-state index contributed by atoms with van der Waals surface area (Å²) in [7, 11) is 1.30. The molecule has 0 atom stereocenters. The molecule has 4 nitrogen and oxygen atoms in total. The number of hydrogen-bond donors (Lipinski definition) is 1. The van der Waals surface area contributed by atoms with Gasteiger partial charge in [-0.1, -0.05) is 12.1 Å². The zero-order valence-corrected chi connectivity index (χ0v) is 9.68. The number of pyridine rings is 1. The Balaban J connectivity index is 2.25. The Hall–Kier alpha value is -2.43. The highest BCUT2D eigenvalue weighted by Crippen LogP contribution is 2.18. The quantitative estimate of drug-likeness (QED) is 0.846. The van der Waals surface area contributed by atoms with Crippen LogP contribution in [0.3, 0.4) is 0 Å². The van der Waals surface area contributed by atoms with Gasteiger partial charge in [-0.2, -0.15) is 0 Å². The van der Waals surface area contributed by atoms with Crippen molar-refractivity contribution < 1.29 is 13.9 Å². The molecule has 1 aromatic heterocycles. The maximum absolute atomic E-state index is 13.4. The van der Waals surface area contributed by atoms with E-state index in [1.54, 1.807) is 18.2 Å². The van der Waals surface area contributed by atoms with Crippen molar-refractivity contribution in [1.82, 2.24) is 4.98 Å². The van der Waals surface area contributed by atoms with Crippen molar-refractivity contribution in [3.05, 3.63) is 54.0 Å². The van der Waals surface area contributed by atoms with E-state index in [4.69, 9.17) is 0 Å². The molecule has 5 heteroatoms. The van der Waals surface area contributed by atoms with Gasteiger partial charge in [-0.25, -0.2) is 14.2 Å². The van der Waals surface area contributed by atoms with E-state index in [-0.39, 0.29) is 5.82 Å². The average molecular weight is 246 g/mol. The maximum atomic E-state index is 13.4. The summed E-state index contributed by atoms with van der Waals surface area (Å²) in [5.74, 6) is -0.472. The lowest BCUT2D eigenvalue weighted by molar-refractivity contribution is 0.0600. The highest BCUT2D eigenvalue weighted by molar-refractivity contribution is 5.90. The largest absolute Gasteiger partial charge is 0.465 e. The van der Waals surface area contributed by atoms with E-state index in [2.05, 4.69) is 15.0 Å². The molecule has 1 heterocycles. The topological polar surface area (TPSA) is 51.2 Å². The molecular formula is C13H11FN2O2. The van der Waals surface area contributed by atoms with E-state index >= 15 is 0 Å². The van der Waals surface area contributed by atoms with Crippen molar-refractivity contribution in [1.29, 1.82) is 0 Å². The second-order valence-electron chi connectivity index (χ2n) is 3.53. The highest BCUT2D eigenvalue weighted by atomic mass is 19.1. The number of methoxy groups -OCH3 is 1. The Morgan fingerprint density at radius 3 is 2.83 bits per heavy atom. The van der Waals surface area contributed by atoms with Crippen LogP contribution in [0.5, 0.6) is 0 Å². The first-order chi connectivity index (χ1) is 8.70. The fourth-order valence-electron chi connectivity index (χ4n) is 1.44. The van der Waals surface area contributed by atoms with Crippen LogP contribution in [0.1, 0.15) is 10.4 Å². The highest BCUT2D eigenvalue weighted by Gasteiger charge is 2.07. The first-order valence-corrected chi connectivity index (χ1v) is 5.26. The number of nitrogens with one attached hydrogen (secondary N) is 1. The number of ether oxygens (including phenoxy) is 1. The minimum Gasteiger partial charge on any atom is -0.465 e. The van der Waals surface area contributed by atoms with Gasteiger partial charge in [-0.15, -0.1) is 0 Å². The Bertz CT molecular complexity index is 572. The van der Waals surface area contributed by atoms with Gasteiger partial charge in [0.1, 0.15) is 11.6 Å². The molecule has 2 rings (SSSR count). The van der Waals surface area contributed by atoms with E-state index in [9.17, 15) is 9.18 Å². The van der Waals surface area contributed by atoms with E-state index < -0.39 is 5.97 Å². The number of halogens is 1. The van der Waals surface area contributed by atoms with Crippen molar-refractivity contribution >= 4 is 17.5 Å². The van der Waals surface area contributed by atoms with Crippen LogP contribution < -0.4 is 5.32 Å². The minimum absolute atomic E-state index is 0.298. The lowest BCUT2D eigenvalue weighted by Crippen LogP contribution is -2.03. The van der Waals surface area contributed by atoms with Crippen LogP contribution >= 0.6 is 0 Å². The van der Waals surface area contributed by atoms with Gasteiger partial charge in [0.2, 0.25) is 0 Å². The smallest absolute Gasteiger partial charge is 0.338 e. The molecule has 2 aromatic rings. The molecule has 0 radical (unpaired) electrons. The van der Waals surface area contributed by atoms with E-state index in [1.807, 2.05) is 0 Å². The summed E-state index contributed by atoms with van der Waals surface area (Å²) in [6, 6.07) is 9.25. The Kier molecular flexibility index (Phi) is 3.52. The summed E-state index contributed by atoms with van der Waals surface area (Å²) >= 11 is 0. The molecular weight excluding hydrogens is 235 g/mol. The molecule has 18 heavy (non-hydrogen) atoms. The van der Waals surface area contributed by atoms with Gasteiger partial charge in [0, 0.05) is 6.20 Å². The number of carbonyl (C=O) groups is 1. The van der Waals surface area contributed by atoms with Crippen LogP contribution in [0.25, 0.3) is 0 Å². The van der Waals surface area contributed by atoms with Gasteiger partial charge in [0.05, 0.1) is 18.4 Å². The molecule has 0 unspecified atom stereocenters. The van der Waals surface area contributed by atoms with Crippen molar-refractivity contribution in [3.8, 4) is 0 Å². The molecule has 0 fully saturated rings. The summed E-state index contributed by atoms with van der Waals surface area (Å²) in [6.07, 6.45) is 1.45. The Morgan fingerprint density at radius 2 is 2.11 bits per heavy atom. The molecule has 1 N–H and O–H groups in total. The second-order valence-corrected chi connectivity index (χ2v) is 3.53. The fraction of sp³-hybridized carbons (Fsp3) is 0.0769. The Morgan fingerprint density at radius 1 is 1.33 bits per heavy atom. The number of para-hydroxylation sites is 1. The zero-order valence-electron chi connectivity index (χ0n) is 9.68. The summed E-state index contributed by atoms with van der Waals surface area (Å²) in [5.41, 5.74) is 0.651. The number of carbonyl (C=O) groups excluding carboxylic acids is 1. The summed E-state index contributed by atoms with van der Waals surface area (Å²) in [6.45, 7) is 0. The first kappa shape index (κ1) is 12.0. The predicted molar refractivity (Wildman–Crippen MR) is 65.3 cm³/mol. The first-order valence-electron chi connectivity index (χ1n) is 5.26. The van der Waals surface area contributed by atoms with Crippen LogP contribution in [-0.2, 0) is 4.74 Å². The van der Waals surface area contributed by atoms with Crippen molar-refractivity contribution in [2.24, 2.45) is 0 Å². The molecule has 0 amide bonds. The molecule has 0 saturated carbocycles. The molecule has 0 bridgehead atoms. The third-order valence-corrected chi connectivity index (χ3v) is 2.32. The van der Waals surface area contributed by atoms with Gasteiger partial charge >= 0.3 is 5.97 Å². The number of anilines is 2. The van der Waals surface area contributed by atoms with Crippen LogP contribution in [0.15, 0.2) is 42.6 Å². The van der Waals surface area contributed by atoms with Gasteiger partial charge in [-0.05, 0) is 24.3 Å². The lowest BCUT2D eigenvalue weighted by Gasteiger charge is -2.07.